The summed E-state index contributed by atoms with van der Waals surface area (Å²) < 4.78 is 24.8. The Balaban J connectivity index is 2.01. The van der Waals surface area contributed by atoms with Gasteiger partial charge in [0, 0.05) is 12.1 Å². The molecule has 0 saturated heterocycles. The maximum absolute atomic E-state index is 14.4. The number of fused-ring (bicyclic) bond motifs is 1. The Labute approximate surface area is 160 Å². The molecule has 1 N–H and O–H groups in total. The quantitative estimate of drug-likeness (QED) is 0.794. The molecule has 0 spiro atoms. The number of allylic oxidation sites excluding steroid dienone is 2. The van der Waals surface area contributed by atoms with Gasteiger partial charge >= 0.3 is 5.97 Å². The molecule has 1 aliphatic heterocycles. The Bertz CT molecular complexity index is 882. The van der Waals surface area contributed by atoms with Crippen LogP contribution in [0, 0.1) is 0 Å². The SMILES string of the molecule is CCOc1ccc(C(=O)N2C(C)=C(CC(=O)O)C3=CC(OC)=C(F)CC32)s1. The number of hydrogen-bond donors (Lipinski definition) is 1. The lowest BCUT2D eigenvalue weighted by molar-refractivity contribution is -0.136. The Morgan fingerprint density at radius 2 is 2.15 bits per heavy atom. The number of amides is 1. The van der Waals surface area contributed by atoms with Crippen molar-refractivity contribution < 1.29 is 28.6 Å². The van der Waals surface area contributed by atoms with Gasteiger partial charge in [-0.05, 0) is 43.2 Å². The molecule has 8 heteroatoms. The van der Waals surface area contributed by atoms with E-state index in [1.165, 1.54) is 29.4 Å². The molecule has 0 radical (unpaired) electrons. The Kier molecular flexibility index (Phi) is 5.36. The predicted octanol–water partition coefficient (Wildman–Crippen LogP) is 3.88. The normalized spacial score (nSPS) is 19.2. The average molecular weight is 393 g/mol. The number of methoxy groups -OCH3 is 1. The van der Waals surface area contributed by atoms with Crippen LogP contribution in [0.2, 0.25) is 0 Å². The number of carbonyl (C=O) groups excluding carboxylic acids is 1. The smallest absolute Gasteiger partial charge is 0.307 e. The molecule has 0 saturated carbocycles. The third-order valence-electron chi connectivity index (χ3n) is 4.59. The second-order valence-electron chi connectivity index (χ2n) is 6.15. The molecule has 6 nitrogen and oxygen atoms in total. The zero-order chi connectivity index (χ0) is 19.7. The van der Waals surface area contributed by atoms with Crippen LogP contribution in [-0.4, -0.2) is 41.6 Å². The summed E-state index contributed by atoms with van der Waals surface area (Å²) in [6, 6.07) is 2.80. The number of carbonyl (C=O) groups is 2. The van der Waals surface area contributed by atoms with Gasteiger partial charge in [-0.25, -0.2) is 4.39 Å². The highest BCUT2D eigenvalue weighted by Gasteiger charge is 2.42. The molecule has 2 aliphatic rings. The van der Waals surface area contributed by atoms with E-state index in [0.717, 1.165) is 0 Å². The highest BCUT2D eigenvalue weighted by atomic mass is 32.1. The van der Waals surface area contributed by atoms with Crippen molar-refractivity contribution in [3.8, 4) is 5.06 Å². The lowest BCUT2D eigenvalue weighted by Gasteiger charge is -2.28. The number of halogens is 1. The molecule has 144 valence electrons. The Morgan fingerprint density at radius 3 is 2.78 bits per heavy atom. The number of aliphatic carboxylic acids is 1. The summed E-state index contributed by atoms with van der Waals surface area (Å²) in [7, 11) is 1.36. The molecular formula is C19H20FNO5S. The minimum Gasteiger partial charge on any atom is -0.494 e. The van der Waals surface area contributed by atoms with Crippen LogP contribution in [0.15, 0.2) is 46.6 Å². The van der Waals surface area contributed by atoms with Crippen molar-refractivity contribution in [3.63, 3.8) is 0 Å². The van der Waals surface area contributed by atoms with E-state index in [-0.39, 0.29) is 24.5 Å². The molecule has 3 rings (SSSR count). The highest BCUT2D eigenvalue weighted by molar-refractivity contribution is 7.15. The van der Waals surface area contributed by atoms with Crippen molar-refractivity contribution in [2.45, 2.75) is 32.7 Å². The summed E-state index contributed by atoms with van der Waals surface area (Å²) in [4.78, 5) is 26.4. The van der Waals surface area contributed by atoms with Gasteiger partial charge < -0.3 is 19.5 Å². The van der Waals surface area contributed by atoms with Crippen LogP contribution in [-0.2, 0) is 9.53 Å². The number of nitrogens with zero attached hydrogens (tertiary/aromatic N) is 1. The first-order valence-corrected chi connectivity index (χ1v) is 9.31. The summed E-state index contributed by atoms with van der Waals surface area (Å²) in [6.45, 7) is 4.04. The first-order valence-electron chi connectivity index (χ1n) is 8.49. The van der Waals surface area contributed by atoms with Gasteiger partial charge in [0.15, 0.2) is 10.8 Å². The fourth-order valence-corrected chi connectivity index (χ4v) is 4.27. The van der Waals surface area contributed by atoms with Crippen LogP contribution in [0.3, 0.4) is 0 Å². The second kappa shape index (κ2) is 7.56. The standard InChI is InChI=1S/C19H20FNO5S/c1-4-26-18-6-5-16(27-18)19(24)21-10(2)11(8-17(22)23)12-7-15(25-3)13(20)9-14(12)21/h5-7,14H,4,8-9H2,1-3H3,(H,22,23). The number of rotatable bonds is 6. The van der Waals surface area contributed by atoms with Gasteiger partial charge in [-0.2, -0.15) is 0 Å². The first-order chi connectivity index (χ1) is 12.9. The van der Waals surface area contributed by atoms with Gasteiger partial charge in [0.25, 0.3) is 5.91 Å². The number of carboxylic acid groups (broad SMARTS) is 1. The molecule has 1 aromatic heterocycles. The Hall–Kier alpha value is -2.61. The molecule has 1 atom stereocenters. The monoisotopic (exact) mass is 393 g/mol. The second-order valence-corrected chi connectivity index (χ2v) is 7.20. The third-order valence-corrected chi connectivity index (χ3v) is 5.57. The van der Waals surface area contributed by atoms with Crippen LogP contribution >= 0.6 is 11.3 Å². The number of ether oxygens (including phenoxy) is 2. The fraction of sp³-hybridized carbons (Fsp3) is 0.368. The lowest BCUT2D eigenvalue weighted by atomic mass is 9.92. The zero-order valence-corrected chi connectivity index (χ0v) is 16.1. The largest absolute Gasteiger partial charge is 0.494 e. The van der Waals surface area contributed by atoms with Crippen molar-refractivity contribution in [2.24, 2.45) is 0 Å². The fourth-order valence-electron chi connectivity index (χ4n) is 3.42. The summed E-state index contributed by atoms with van der Waals surface area (Å²) in [5, 5.41) is 9.89. The van der Waals surface area contributed by atoms with Crippen LogP contribution in [0.4, 0.5) is 4.39 Å². The van der Waals surface area contributed by atoms with Crippen molar-refractivity contribution >= 4 is 23.2 Å². The van der Waals surface area contributed by atoms with E-state index in [1.807, 2.05) is 6.92 Å². The highest BCUT2D eigenvalue weighted by Crippen LogP contribution is 2.43. The predicted molar refractivity (Wildman–Crippen MR) is 98.2 cm³/mol. The van der Waals surface area contributed by atoms with Gasteiger partial charge in [0.05, 0.1) is 31.1 Å². The van der Waals surface area contributed by atoms with E-state index in [0.29, 0.717) is 33.4 Å². The van der Waals surface area contributed by atoms with Gasteiger partial charge in [-0.3, -0.25) is 9.59 Å². The average Bonchev–Trinajstić information content (AvgIpc) is 3.18. The van der Waals surface area contributed by atoms with Gasteiger partial charge in [-0.15, -0.1) is 0 Å². The zero-order valence-electron chi connectivity index (χ0n) is 15.2. The maximum atomic E-state index is 14.4. The van der Waals surface area contributed by atoms with E-state index >= 15 is 0 Å². The Morgan fingerprint density at radius 1 is 1.41 bits per heavy atom. The topological polar surface area (TPSA) is 76.1 Å². The third kappa shape index (κ3) is 3.49. The summed E-state index contributed by atoms with van der Waals surface area (Å²) in [6.07, 6.45) is 1.20. The molecule has 27 heavy (non-hydrogen) atoms. The maximum Gasteiger partial charge on any atom is 0.307 e. The van der Waals surface area contributed by atoms with Gasteiger partial charge in [0.2, 0.25) is 0 Å². The van der Waals surface area contributed by atoms with E-state index in [4.69, 9.17) is 9.47 Å². The molecule has 2 heterocycles. The lowest BCUT2D eigenvalue weighted by Crippen LogP contribution is -2.36. The molecule has 1 unspecified atom stereocenters. The minimum atomic E-state index is -1.01. The van der Waals surface area contributed by atoms with Gasteiger partial charge in [-0.1, -0.05) is 11.3 Å². The molecule has 0 fully saturated rings. The minimum absolute atomic E-state index is 0.0507. The van der Waals surface area contributed by atoms with E-state index in [9.17, 15) is 19.1 Å². The van der Waals surface area contributed by atoms with Crippen molar-refractivity contribution in [1.29, 1.82) is 0 Å². The van der Waals surface area contributed by atoms with Crippen molar-refractivity contribution in [1.82, 2.24) is 4.90 Å². The molecule has 1 amide bonds. The van der Waals surface area contributed by atoms with E-state index in [2.05, 4.69) is 0 Å². The summed E-state index contributed by atoms with van der Waals surface area (Å²) in [5.74, 6) is -1.70. The van der Waals surface area contributed by atoms with Crippen molar-refractivity contribution in [3.05, 3.63) is 51.5 Å². The molecule has 1 aliphatic carbocycles. The number of thiophene rings is 1. The molecular weight excluding hydrogens is 373 g/mol. The van der Waals surface area contributed by atoms with E-state index in [1.54, 1.807) is 19.1 Å². The summed E-state index contributed by atoms with van der Waals surface area (Å²) >= 11 is 1.21. The molecule has 0 aromatic carbocycles. The van der Waals surface area contributed by atoms with Gasteiger partial charge in [0.1, 0.15) is 5.83 Å². The summed E-state index contributed by atoms with van der Waals surface area (Å²) in [5.41, 5.74) is 1.66. The number of hydrogen-bond acceptors (Lipinski definition) is 5. The van der Waals surface area contributed by atoms with Crippen LogP contribution in [0.25, 0.3) is 0 Å². The van der Waals surface area contributed by atoms with Crippen LogP contribution in [0.5, 0.6) is 5.06 Å². The van der Waals surface area contributed by atoms with E-state index < -0.39 is 17.8 Å². The molecule has 1 aromatic rings. The number of carboxylic acids is 1. The molecule has 0 bridgehead atoms. The van der Waals surface area contributed by atoms with Crippen molar-refractivity contribution in [2.75, 3.05) is 13.7 Å². The van der Waals surface area contributed by atoms with Crippen LogP contribution in [0.1, 0.15) is 36.4 Å². The first kappa shape index (κ1) is 19.2. The van der Waals surface area contributed by atoms with Crippen LogP contribution < -0.4 is 4.74 Å².